The number of para-hydroxylation sites is 2. The van der Waals surface area contributed by atoms with E-state index >= 15 is 0 Å². The summed E-state index contributed by atoms with van der Waals surface area (Å²) in [6.45, 7) is 8.50. The maximum atomic E-state index is 5.38. The van der Waals surface area contributed by atoms with Crippen LogP contribution in [0.15, 0.2) is 159 Å². The molecule has 230 valence electrons. The largest absolute Gasteiger partial charge is 0.292 e. The number of hydrogen-bond donors (Lipinski definition) is 0. The van der Waals surface area contributed by atoms with E-state index in [9.17, 15) is 0 Å². The first kappa shape index (κ1) is 27.5. The first-order valence-corrected chi connectivity index (χ1v) is 16.6. The summed E-state index contributed by atoms with van der Waals surface area (Å²) in [4.78, 5) is 5.38. The van der Waals surface area contributed by atoms with E-state index in [0.29, 0.717) is 0 Å². The van der Waals surface area contributed by atoms with E-state index in [1.807, 2.05) is 18.2 Å². The van der Waals surface area contributed by atoms with Crippen LogP contribution in [-0.4, -0.2) is 18.5 Å². The second kappa shape index (κ2) is 10.4. The summed E-state index contributed by atoms with van der Waals surface area (Å²) in [5.41, 5.74) is 9.35. The van der Waals surface area contributed by atoms with Crippen molar-refractivity contribution in [2.45, 2.75) is 0 Å². The zero-order chi connectivity index (χ0) is 32.6. The van der Waals surface area contributed by atoms with Gasteiger partial charge in [-0.2, -0.15) is 4.98 Å². The lowest BCUT2D eigenvalue weighted by atomic mass is 9.92. The molecule has 0 radical (unpaired) electrons. The fraction of sp³-hybridized carbons (Fsp3) is 0. The molecule has 0 atom stereocenters. The highest BCUT2D eigenvalue weighted by molar-refractivity contribution is 6.25. The number of rotatable bonds is 5. The van der Waals surface area contributed by atoms with Crippen LogP contribution in [0, 0.1) is 0 Å². The summed E-state index contributed by atoms with van der Waals surface area (Å²) in [5.74, 6) is 0.818. The van der Waals surface area contributed by atoms with Gasteiger partial charge in [0.2, 0.25) is 5.78 Å². The molecule has 3 aromatic heterocycles. The van der Waals surface area contributed by atoms with Gasteiger partial charge >= 0.3 is 0 Å². The predicted octanol–water partition coefficient (Wildman–Crippen LogP) is 11.6. The van der Waals surface area contributed by atoms with Gasteiger partial charge in [-0.1, -0.05) is 122 Å². The first-order chi connectivity index (χ1) is 24.2. The van der Waals surface area contributed by atoms with Crippen LogP contribution in [0.5, 0.6) is 0 Å². The van der Waals surface area contributed by atoms with Crippen molar-refractivity contribution in [1.82, 2.24) is 18.5 Å². The third-order valence-corrected chi connectivity index (χ3v) is 9.98. The molecule has 3 heterocycles. The summed E-state index contributed by atoms with van der Waals surface area (Å²) in [7, 11) is 0. The monoisotopic (exact) mass is 626 g/mol. The van der Waals surface area contributed by atoms with Gasteiger partial charge in [-0.05, 0) is 92.0 Å². The summed E-state index contributed by atoms with van der Waals surface area (Å²) >= 11 is 0. The van der Waals surface area contributed by atoms with Crippen LogP contribution in [0.3, 0.4) is 0 Å². The highest BCUT2D eigenvalue weighted by atomic mass is 15.3. The Bertz CT molecular complexity index is 2940. The minimum absolute atomic E-state index is 0.818. The fourth-order valence-electron chi connectivity index (χ4n) is 7.89. The Balaban J connectivity index is 1.23. The van der Waals surface area contributed by atoms with Crippen LogP contribution in [0.1, 0.15) is 11.4 Å². The molecular formula is C45H30N4. The standard InChI is InChI=1S/C45H30N4/c1-3-40-41(4-2)49-43-38-23-12-13-24-42(38)47(31-16-6-5-7-17-31)44(43)46-45(49)48(40)32-18-14-15-29(27-32)30-25-26-37-35-21-9-8-19-33(35)34-20-10-11-22-36(34)39(37)28-30/h3-28H,1-2H2. The van der Waals surface area contributed by atoms with Crippen molar-refractivity contribution in [2.75, 3.05) is 0 Å². The average molecular weight is 627 g/mol. The molecule has 0 spiro atoms. The zero-order valence-corrected chi connectivity index (χ0v) is 26.7. The third-order valence-electron chi connectivity index (χ3n) is 9.98. The Hall–Kier alpha value is -6.65. The first-order valence-electron chi connectivity index (χ1n) is 16.6. The van der Waals surface area contributed by atoms with Crippen LogP contribution in [0.4, 0.5) is 0 Å². The summed E-state index contributed by atoms with van der Waals surface area (Å²) in [5, 5.41) is 8.75. The minimum atomic E-state index is 0.818. The molecule has 0 bridgehead atoms. The maximum absolute atomic E-state index is 5.38. The molecule has 10 rings (SSSR count). The molecule has 0 aliphatic rings. The fourth-order valence-corrected chi connectivity index (χ4v) is 7.89. The van der Waals surface area contributed by atoms with E-state index in [4.69, 9.17) is 4.98 Å². The van der Waals surface area contributed by atoms with E-state index in [0.717, 1.165) is 61.7 Å². The Kier molecular flexibility index (Phi) is 5.84. The van der Waals surface area contributed by atoms with Crippen LogP contribution < -0.4 is 0 Å². The molecule has 4 heteroatoms. The summed E-state index contributed by atoms with van der Waals surface area (Å²) in [6, 6.07) is 52.0. The van der Waals surface area contributed by atoms with Crippen LogP contribution >= 0.6 is 0 Å². The Morgan fingerprint density at radius 1 is 0.449 bits per heavy atom. The van der Waals surface area contributed by atoms with Gasteiger partial charge in [-0.25, -0.2) is 0 Å². The van der Waals surface area contributed by atoms with Gasteiger partial charge in [0.05, 0.1) is 16.9 Å². The second-order valence-corrected chi connectivity index (χ2v) is 12.5. The van der Waals surface area contributed by atoms with E-state index < -0.39 is 0 Å². The van der Waals surface area contributed by atoms with E-state index in [1.54, 1.807) is 0 Å². The van der Waals surface area contributed by atoms with E-state index in [-0.39, 0.29) is 0 Å². The van der Waals surface area contributed by atoms with Crippen molar-refractivity contribution in [3.05, 3.63) is 170 Å². The zero-order valence-electron chi connectivity index (χ0n) is 26.7. The number of imidazole rings is 2. The summed E-state index contributed by atoms with van der Waals surface area (Å²) < 4.78 is 6.70. The molecule has 0 saturated carbocycles. The molecule has 0 N–H and O–H groups in total. The average Bonchev–Trinajstić information content (AvgIpc) is 3.80. The van der Waals surface area contributed by atoms with Crippen molar-refractivity contribution >= 4 is 72.3 Å². The van der Waals surface area contributed by atoms with Crippen LogP contribution in [0.2, 0.25) is 0 Å². The van der Waals surface area contributed by atoms with Crippen LogP contribution in [-0.2, 0) is 0 Å². The summed E-state index contributed by atoms with van der Waals surface area (Å²) in [6.07, 6.45) is 3.83. The smallest absolute Gasteiger partial charge is 0.222 e. The van der Waals surface area contributed by atoms with Crippen molar-refractivity contribution in [1.29, 1.82) is 0 Å². The lowest BCUT2D eigenvalue weighted by molar-refractivity contribution is 1.06. The highest BCUT2D eigenvalue weighted by Crippen LogP contribution is 2.39. The Morgan fingerprint density at radius 2 is 1.02 bits per heavy atom. The Morgan fingerprint density at radius 3 is 1.71 bits per heavy atom. The van der Waals surface area contributed by atoms with Gasteiger partial charge in [0.25, 0.3) is 0 Å². The number of hydrogen-bond acceptors (Lipinski definition) is 1. The quantitative estimate of drug-likeness (QED) is 0.175. The van der Waals surface area contributed by atoms with Gasteiger partial charge < -0.3 is 0 Å². The highest BCUT2D eigenvalue weighted by Gasteiger charge is 2.25. The van der Waals surface area contributed by atoms with Gasteiger partial charge in [0, 0.05) is 16.8 Å². The molecular weight excluding hydrogens is 597 g/mol. The topological polar surface area (TPSA) is 27.2 Å². The normalized spacial score (nSPS) is 11.8. The number of fused-ring (bicyclic) bond motifs is 11. The lowest BCUT2D eigenvalue weighted by Gasteiger charge is -2.13. The number of nitrogens with zero attached hydrogens (tertiary/aromatic N) is 4. The van der Waals surface area contributed by atoms with Crippen molar-refractivity contribution in [2.24, 2.45) is 0 Å². The predicted molar refractivity (Wildman–Crippen MR) is 207 cm³/mol. The molecule has 49 heavy (non-hydrogen) atoms. The van der Waals surface area contributed by atoms with Crippen molar-refractivity contribution in [3.63, 3.8) is 0 Å². The van der Waals surface area contributed by atoms with Crippen LogP contribution in [0.25, 0.3) is 94.8 Å². The molecule has 7 aromatic carbocycles. The molecule has 0 fully saturated rings. The van der Waals surface area contributed by atoms with Gasteiger partial charge in [-0.3, -0.25) is 13.5 Å². The van der Waals surface area contributed by atoms with Crippen molar-refractivity contribution < 1.29 is 0 Å². The molecule has 0 aliphatic heterocycles. The molecule has 10 aromatic rings. The van der Waals surface area contributed by atoms with E-state index in [2.05, 4.69) is 166 Å². The minimum Gasteiger partial charge on any atom is -0.292 e. The van der Waals surface area contributed by atoms with Gasteiger partial charge in [0.15, 0.2) is 5.65 Å². The third kappa shape index (κ3) is 3.83. The lowest BCUT2D eigenvalue weighted by Crippen LogP contribution is -1.99. The maximum Gasteiger partial charge on any atom is 0.222 e. The number of aromatic nitrogens is 4. The Labute approximate surface area is 282 Å². The molecule has 0 unspecified atom stereocenters. The molecule has 0 saturated heterocycles. The number of benzene rings is 7. The van der Waals surface area contributed by atoms with Crippen molar-refractivity contribution in [3.8, 4) is 22.5 Å². The van der Waals surface area contributed by atoms with Gasteiger partial charge in [-0.15, -0.1) is 0 Å². The van der Waals surface area contributed by atoms with E-state index in [1.165, 1.54) is 32.3 Å². The molecule has 0 aliphatic carbocycles. The molecule has 4 nitrogen and oxygen atoms in total. The second-order valence-electron chi connectivity index (χ2n) is 12.5. The van der Waals surface area contributed by atoms with Gasteiger partial charge in [0.1, 0.15) is 5.52 Å². The SMILES string of the molecule is C=Cc1c(C=C)n2c3c4ccccc4n(-c4ccccc4)c3nc2n1-c1cccc(-c2ccc3c4ccccc4c4ccccc4c3c2)c1. The molecule has 0 amide bonds.